The van der Waals surface area contributed by atoms with Crippen molar-refractivity contribution in [1.29, 1.82) is 0 Å². The zero-order chi connectivity index (χ0) is 9.68. The molecule has 66 valence electrons. The van der Waals surface area contributed by atoms with Gasteiger partial charge in [-0.05, 0) is 6.07 Å². The molecule has 0 atom stereocenters. The number of methoxy groups -OCH3 is 1. The van der Waals surface area contributed by atoms with Gasteiger partial charge in [-0.2, -0.15) is 0 Å². The molecule has 0 fully saturated rings. The van der Waals surface area contributed by atoms with Gasteiger partial charge in [0.25, 0.3) is 0 Å². The average molecular weight is 174 g/mol. The summed E-state index contributed by atoms with van der Waals surface area (Å²) in [4.78, 5) is 11.4. The van der Waals surface area contributed by atoms with Gasteiger partial charge in [0.15, 0.2) is 5.78 Å². The fourth-order valence-corrected chi connectivity index (χ4v) is 1.06. The average Bonchev–Trinajstić information content (AvgIpc) is 2.18. The Morgan fingerprint density at radius 2 is 2.23 bits per heavy atom. The molecule has 0 aliphatic carbocycles. The lowest BCUT2D eigenvalue weighted by Crippen LogP contribution is -2.08. The smallest absolute Gasteiger partial charge is 0.189 e. The van der Waals surface area contributed by atoms with Crippen molar-refractivity contribution in [2.75, 3.05) is 13.7 Å². The minimum Gasteiger partial charge on any atom is -0.377 e. The van der Waals surface area contributed by atoms with Gasteiger partial charge >= 0.3 is 0 Å². The zero-order valence-corrected chi connectivity index (χ0v) is 7.41. The van der Waals surface area contributed by atoms with E-state index >= 15 is 0 Å². The maximum Gasteiger partial charge on any atom is 0.189 e. The second kappa shape index (κ2) is 4.44. The fourth-order valence-electron chi connectivity index (χ4n) is 1.06. The van der Waals surface area contributed by atoms with Crippen molar-refractivity contribution >= 4 is 5.78 Å². The first kappa shape index (κ1) is 9.50. The van der Waals surface area contributed by atoms with Crippen LogP contribution in [-0.2, 0) is 4.74 Å². The van der Waals surface area contributed by atoms with Crippen LogP contribution in [0.2, 0.25) is 0 Å². The van der Waals surface area contributed by atoms with Gasteiger partial charge in [0.05, 0.1) is 0 Å². The number of ether oxygens (including phenoxy) is 1. The van der Waals surface area contributed by atoms with Crippen molar-refractivity contribution < 1.29 is 9.53 Å². The summed E-state index contributed by atoms with van der Waals surface area (Å²) in [7, 11) is 1.48. The molecule has 0 unspecified atom stereocenters. The van der Waals surface area contributed by atoms with Gasteiger partial charge in [-0.1, -0.05) is 24.1 Å². The molecule has 0 radical (unpaired) electrons. The number of benzene rings is 1. The first-order valence-electron chi connectivity index (χ1n) is 3.87. The molecule has 0 saturated carbocycles. The number of rotatable bonds is 3. The van der Waals surface area contributed by atoms with Crippen LogP contribution < -0.4 is 0 Å². The standard InChI is InChI=1S/C11H10O2/c1-3-9-6-4-5-7-10(9)11(12)8-13-2/h1,4-7H,8H2,2H3. The maximum absolute atomic E-state index is 11.4. The predicted molar refractivity (Wildman–Crippen MR) is 50.6 cm³/mol. The van der Waals surface area contributed by atoms with Crippen LogP contribution in [0.3, 0.4) is 0 Å². The van der Waals surface area contributed by atoms with Crippen LogP contribution in [0.5, 0.6) is 0 Å². The van der Waals surface area contributed by atoms with Crippen LogP contribution in [0.15, 0.2) is 24.3 Å². The van der Waals surface area contributed by atoms with Crippen LogP contribution in [0.4, 0.5) is 0 Å². The van der Waals surface area contributed by atoms with Gasteiger partial charge < -0.3 is 4.74 Å². The monoisotopic (exact) mass is 174 g/mol. The lowest BCUT2D eigenvalue weighted by atomic mass is 10.0. The van der Waals surface area contributed by atoms with Crippen LogP contribution in [0.1, 0.15) is 15.9 Å². The summed E-state index contributed by atoms with van der Waals surface area (Å²) in [6.07, 6.45) is 5.24. The topological polar surface area (TPSA) is 26.3 Å². The van der Waals surface area contributed by atoms with Crippen molar-refractivity contribution in [3.63, 3.8) is 0 Å². The SMILES string of the molecule is C#Cc1ccccc1C(=O)COC. The van der Waals surface area contributed by atoms with Gasteiger partial charge in [-0.15, -0.1) is 6.42 Å². The van der Waals surface area contributed by atoms with E-state index < -0.39 is 0 Å². The molecule has 0 bridgehead atoms. The molecule has 0 saturated heterocycles. The molecular weight excluding hydrogens is 164 g/mol. The Balaban J connectivity index is 3.01. The van der Waals surface area contributed by atoms with E-state index in [9.17, 15) is 4.79 Å². The summed E-state index contributed by atoms with van der Waals surface area (Å²) < 4.78 is 4.74. The molecular formula is C11H10O2. The molecule has 0 N–H and O–H groups in total. The minimum absolute atomic E-state index is 0.0681. The van der Waals surface area contributed by atoms with Crippen LogP contribution in [0, 0.1) is 12.3 Å². The maximum atomic E-state index is 11.4. The molecule has 13 heavy (non-hydrogen) atoms. The Labute approximate surface area is 77.5 Å². The lowest BCUT2D eigenvalue weighted by molar-refractivity contribution is 0.0848. The number of hydrogen-bond acceptors (Lipinski definition) is 2. The van der Waals surface area contributed by atoms with Crippen molar-refractivity contribution in [2.24, 2.45) is 0 Å². The van der Waals surface area contributed by atoms with Crippen LogP contribution >= 0.6 is 0 Å². The molecule has 1 aromatic carbocycles. The number of carbonyl (C=O) groups excluding carboxylic acids is 1. The van der Waals surface area contributed by atoms with Crippen molar-refractivity contribution in [2.45, 2.75) is 0 Å². The number of terminal acetylenes is 1. The normalized spacial score (nSPS) is 9.23. The number of ketones is 1. The molecule has 0 aliphatic rings. The molecule has 1 aromatic rings. The summed E-state index contributed by atoms with van der Waals surface area (Å²) in [5, 5.41) is 0. The van der Waals surface area contributed by atoms with Crippen LogP contribution in [0.25, 0.3) is 0 Å². The Morgan fingerprint density at radius 3 is 2.85 bits per heavy atom. The van der Waals surface area contributed by atoms with Gasteiger partial charge in [-0.3, -0.25) is 4.79 Å². The van der Waals surface area contributed by atoms with Gasteiger partial charge in [-0.25, -0.2) is 0 Å². The van der Waals surface area contributed by atoms with E-state index in [4.69, 9.17) is 11.2 Å². The summed E-state index contributed by atoms with van der Waals surface area (Å²) in [5.41, 5.74) is 1.16. The fraction of sp³-hybridized carbons (Fsp3) is 0.182. The highest BCUT2D eigenvalue weighted by Crippen LogP contribution is 2.07. The molecule has 0 spiro atoms. The largest absolute Gasteiger partial charge is 0.377 e. The first-order valence-corrected chi connectivity index (χ1v) is 3.87. The quantitative estimate of drug-likeness (QED) is 0.512. The summed E-state index contributed by atoms with van der Waals surface area (Å²) in [6.45, 7) is 0.0681. The van der Waals surface area contributed by atoms with Crippen molar-refractivity contribution in [3.8, 4) is 12.3 Å². The third-order valence-corrected chi connectivity index (χ3v) is 1.66. The third kappa shape index (κ3) is 2.17. The Morgan fingerprint density at radius 1 is 1.54 bits per heavy atom. The lowest BCUT2D eigenvalue weighted by Gasteiger charge is -2.01. The summed E-state index contributed by atoms with van der Waals surface area (Å²) in [5.74, 6) is 2.37. The molecule has 0 heterocycles. The van der Waals surface area contributed by atoms with Gasteiger partial charge in [0.1, 0.15) is 6.61 Å². The molecule has 0 aromatic heterocycles. The number of Topliss-reactive ketones (excluding diaryl/α,β-unsaturated/α-hetero) is 1. The molecule has 1 rings (SSSR count). The third-order valence-electron chi connectivity index (χ3n) is 1.66. The summed E-state index contributed by atoms with van der Waals surface area (Å²) in [6, 6.07) is 7.03. The van der Waals surface area contributed by atoms with E-state index in [2.05, 4.69) is 5.92 Å². The van der Waals surface area contributed by atoms with Crippen molar-refractivity contribution in [1.82, 2.24) is 0 Å². The Hall–Kier alpha value is -1.59. The molecule has 0 aliphatic heterocycles. The van der Waals surface area contributed by atoms with Gasteiger partial charge in [0, 0.05) is 18.2 Å². The minimum atomic E-state index is -0.0870. The van der Waals surface area contributed by atoms with E-state index in [1.165, 1.54) is 7.11 Å². The first-order chi connectivity index (χ1) is 6.29. The summed E-state index contributed by atoms with van der Waals surface area (Å²) >= 11 is 0. The second-order valence-electron chi connectivity index (χ2n) is 2.55. The zero-order valence-electron chi connectivity index (χ0n) is 7.41. The van der Waals surface area contributed by atoms with Crippen molar-refractivity contribution in [3.05, 3.63) is 35.4 Å². The van der Waals surface area contributed by atoms with E-state index in [0.717, 1.165) is 0 Å². The second-order valence-corrected chi connectivity index (χ2v) is 2.55. The van der Waals surface area contributed by atoms with Crippen LogP contribution in [-0.4, -0.2) is 19.5 Å². The van der Waals surface area contributed by atoms with Gasteiger partial charge in [0.2, 0.25) is 0 Å². The van der Waals surface area contributed by atoms with E-state index in [1.54, 1.807) is 24.3 Å². The molecule has 0 amide bonds. The highest BCUT2D eigenvalue weighted by molar-refractivity contribution is 5.99. The van der Waals surface area contributed by atoms with E-state index in [1.807, 2.05) is 0 Å². The predicted octanol–water partition coefficient (Wildman–Crippen LogP) is 1.50. The Kier molecular flexibility index (Phi) is 3.24. The van der Waals surface area contributed by atoms with E-state index in [-0.39, 0.29) is 12.4 Å². The number of hydrogen-bond donors (Lipinski definition) is 0. The molecule has 2 nitrogen and oxygen atoms in total. The highest BCUT2D eigenvalue weighted by atomic mass is 16.5. The highest BCUT2D eigenvalue weighted by Gasteiger charge is 2.08. The molecule has 2 heteroatoms. The van der Waals surface area contributed by atoms with E-state index in [0.29, 0.717) is 11.1 Å². The number of carbonyl (C=O) groups is 1. The Bertz CT molecular complexity index is 347.